The minimum atomic E-state index is -2.26. The summed E-state index contributed by atoms with van der Waals surface area (Å²) >= 11 is 0.140. The number of hydrogen-bond acceptors (Lipinski definition) is 3. The summed E-state index contributed by atoms with van der Waals surface area (Å²) in [7, 11) is 0. The van der Waals surface area contributed by atoms with Crippen LogP contribution >= 0.6 is 11.8 Å². The van der Waals surface area contributed by atoms with Crippen LogP contribution in [0.2, 0.25) is 0 Å². The number of carbonyl (C=O) groups is 2. The standard InChI is InChI=1S/C11H7F5N2O2S/c12-5-6(13)8(15)10(9(16)7(5)14)21-3-4(19)18-2-1-17-11(18)20/h1-3H2,(H,17,20). The molecule has 0 aliphatic carbocycles. The molecule has 1 heterocycles. The van der Waals surface area contributed by atoms with Gasteiger partial charge in [0.2, 0.25) is 11.7 Å². The smallest absolute Gasteiger partial charge is 0.324 e. The van der Waals surface area contributed by atoms with E-state index in [1.807, 2.05) is 0 Å². The topological polar surface area (TPSA) is 49.4 Å². The fourth-order valence-electron chi connectivity index (χ4n) is 1.63. The largest absolute Gasteiger partial charge is 0.336 e. The Bertz CT molecular complexity index is 596. The van der Waals surface area contributed by atoms with Crippen molar-refractivity contribution >= 4 is 23.7 Å². The lowest BCUT2D eigenvalue weighted by Crippen LogP contribution is -2.35. The summed E-state index contributed by atoms with van der Waals surface area (Å²) in [5.41, 5.74) is 0. The molecule has 114 valence electrons. The van der Waals surface area contributed by atoms with Crippen LogP contribution in [0.1, 0.15) is 0 Å². The normalized spacial score (nSPS) is 14.5. The first kappa shape index (κ1) is 15.5. The fraction of sp³-hybridized carbons (Fsp3) is 0.273. The van der Waals surface area contributed by atoms with Gasteiger partial charge in [-0.1, -0.05) is 0 Å². The number of carbonyl (C=O) groups excluding carboxylic acids is 2. The number of nitrogens with zero attached hydrogens (tertiary/aromatic N) is 1. The number of halogens is 5. The summed E-state index contributed by atoms with van der Waals surface area (Å²) in [6.07, 6.45) is 0. The Kier molecular flexibility index (Phi) is 4.35. The Morgan fingerprint density at radius 3 is 2.05 bits per heavy atom. The van der Waals surface area contributed by atoms with Crippen LogP contribution in [0.15, 0.2) is 4.90 Å². The summed E-state index contributed by atoms with van der Waals surface area (Å²) in [5.74, 6) is -11.9. The first-order valence-corrected chi connectivity index (χ1v) is 6.55. The van der Waals surface area contributed by atoms with Crippen LogP contribution in [0.3, 0.4) is 0 Å². The lowest BCUT2D eigenvalue weighted by atomic mass is 10.3. The molecule has 21 heavy (non-hydrogen) atoms. The molecule has 1 aliphatic heterocycles. The van der Waals surface area contributed by atoms with E-state index in [-0.39, 0.29) is 24.9 Å². The molecule has 1 saturated heterocycles. The van der Waals surface area contributed by atoms with Crippen molar-refractivity contribution in [1.29, 1.82) is 0 Å². The fourth-order valence-corrected chi connectivity index (χ4v) is 2.49. The Morgan fingerprint density at radius 2 is 1.57 bits per heavy atom. The number of thioether (sulfide) groups is 1. The lowest BCUT2D eigenvalue weighted by molar-refractivity contribution is -0.124. The molecule has 1 aliphatic rings. The van der Waals surface area contributed by atoms with E-state index in [0.29, 0.717) is 0 Å². The van der Waals surface area contributed by atoms with E-state index >= 15 is 0 Å². The number of urea groups is 1. The molecule has 1 N–H and O–H groups in total. The van der Waals surface area contributed by atoms with Gasteiger partial charge in [0.15, 0.2) is 23.3 Å². The third-order valence-electron chi connectivity index (χ3n) is 2.67. The number of nitrogens with one attached hydrogen (secondary N) is 1. The zero-order valence-electron chi connectivity index (χ0n) is 10.2. The van der Waals surface area contributed by atoms with E-state index in [0.717, 1.165) is 4.90 Å². The zero-order valence-corrected chi connectivity index (χ0v) is 11.0. The van der Waals surface area contributed by atoms with E-state index in [1.54, 1.807) is 0 Å². The number of amides is 3. The van der Waals surface area contributed by atoms with E-state index in [4.69, 9.17) is 0 Å². The molecule has 1 aromatic carbocycles. The van der Waals surface area contributed by atoms with Crippen molar-refractivity contribution < 1.29 is 31.5 Å². The summed E-state index contributed by atoms with van der Waals surface area (Å²) in [4.78, 5) is 22.4. The molecule has 4 nitrogen and oxygen atoms in total. The second-order valence-electron chi connectivity index (χ2n) is 3.97. The molecule has 0 bridgehead atoms. The van der Waals surface area contributed by atoms with Crippen molar-refractivity contribution in [2.75, 3.05) is 18.8 Å². The quantitative estimate of drug-likeness (QED) is 0.400. The molecule has 0 aromatic heterocycles. The molecule has 0 spiro atoms. The van der Waals surface area contributed by atoms with Crippen LogP contribution in [0, 0.1) is 29.1 Å². The van der Waals surface area contributed by atoms with Gasteiger partial charge in [-0.3, -0.25) is 9.69 Å². The van der Waals surface area contributed by atoms with Crippen molar-refractivity contribution in [2.24, 2.45) is 0 Å². The number of benzene rings is 1. The van der Waals surface area contributed by atoms with E-state index in [9.17, 15) is 31.5 Å². The van der Waals surface area contributed by atoms with E-state index in [1.165, 1.54) is 0 Å². The molecule has 0 unspecified atom stereocenters. The summed E-state index contributed by atoms with van der Waals surface area (Å²) in [5, 5.41) is 2.34. The van der Waals surface area contributed by atoms with Gasteiger partial charge in [0.25, 0.3) is 0 Å². The molecule has 0 radical (unpaired) electrons. The van der Waals surface area contributed by atoms with Gasteiger partial charge in [-0.05, 0) is 0 Å². The molecule has 10 heteroatoms. The average molecular weight is 326 g/mol. The van der Waals surface area contributed by atoms with Gasteiger partial charge in [-0.25, -0.2) is 26.7 Å². The third kappa shape index (κ3) is 2.80. The van der Waals surface area contributed by atoms with Gasteiger partial charge in [0, 0.05) is 13.1 Å². The second-order valence-corrected chi connectivity index (χ2v) is 4.95. The van der Waals surface area contributed by atoms with Crippen LogP contribution in [0.5, 0.6) is 0 Å². The van der Waals surface area contributed by atoms with Crippen molar-refractivity contribution in [3.05, 3.63) is 29.1 Å². The summed E-state index contributed by atoms with van der Waals surface area (Å²) in [6.45, 7) is 0.313. The molecular formula is C11H7F5N2O2S. The van der Waals surface area contributed by atoms with Gasteiger partial charge in [0.1, 0.15) is 0 Å². The van der Waals surface area contributed by atoms with Crippen LogP contribution in [0.25, 0.3) is 0 Å². The summed E-state index contributed by atoms with van der Waals surface area (Å²) in [6, 6.07) is -0.669. The average Bonchev–Trinajstić information content (AvgIpc) is 2.89. The highest BCUT2D eigenvalue weighted by molar-refractivity contribution is 8.00. The molecule has 3 amide bonds. The first-order chi connectivity index (χ1) is 9.84. The Balaban J connectivity index is 2.17. The maximum Gasteiger partial charge on any atom is 0.324 e. The first-order valence-electron chi connectivity index (χ1n) is 5.57. The monoisotopic (exact) mass is 326 g/mol. The highest BCUT2D eigenvalue weighted by Crippen LogP contribution is 2.31. The molecule has 1 aromatic rings. The van der Waals surface area contributed by atoms with Crippen molar-refractivity contribution in [3.8, 4) is 0 Å². The predicted molar refractivity (Wildman–Crippen MR) is 62.1 cm³/mol. The highest BCUT2D eigenvalue weighted by Gasteiger charge is 2.29. The lowest BCUT2D eigenvalue weighted by Gasteiger charge is -2.12. The van der Waals surface area contributed by atoms with Crippen LogP contribution in [-0.2, 0) is 4.79 Å². The maximum atomic E-state index is 13.4. The number of hydrogen-bond donors (Lipinski definition) is 1. The van der Waals surface area contributed by atoms with Gasteiger partial charge in [-0.2, -0.15) is 0 Å². The Morgan fingerprint density at radius 1 is 1.05 bits per heavy atom. The summed E-state index contributed by atoms with van der Waals surface area (Å²) < 4.78 is 65.5. The minimum Gasteiger partial charge on any atom is -0.336 e. The molecule has 0 atom stereocenters. The van der Waals surface area contributed by atoms with Gasteiger partial charge < -0.3 is 5.32 Å². The van der Waals surface area contributed by atoms with Crippen molar-refractivity contribution in [3.63, 3.8) is 0 Å². The molecule has 2 rings (SSSR count). The highest BCUT2D eigenvalue weighted by atomic mass is 32.2. The third-order valence-corrected chi connectivity index (χ3v) is 3.71. The Labute approximate surface area is 119 Å². The van der Waals surface area contributed by atoms with E-state index in [2.05, 4.69) is 5.32 Å². The second kappa shape index (κ2) is 5.88. The number of rotatable bonds is 3. The molecule has 1 fully saturated rings. The molecular weight excluding hydrogens is 319 g/mol. The van der Waals surface area contributed by atoms with Crippen molar-refractivity contribution in [2.45, 2.75) is 4.90 Å². The zero-order chi connectivity index (χ0) is 15.7. The SMILES string of the molecule is O=C(CSc1c(F)c(F)c(F)c(F)c1F)N1CCNC1=O. The van der Waals surface area contributed by atoms with Gasteiger partial charge in [0.05, 0.1) is 10.6 Å². The Hall–Kier alpha value is -1.84. The van der Waals surface area contributed by atoms with Crippen LogP contribution in [0.4, 0.5) is 26.7 Å². The van der Waals surface area contributed by atoms with Crippen LogP contribution in [-0.4, -0.2) is 35.7 Å². The minimum absolute atomic E-state index is 0.0787. The van der Waals surface area contributed by atoms with E-state index < -0.39 is 51.7 Å². The maximum absolute atomic E-state index is 13.4. The number of imide groups is 1. The predicted octanol–water partition coefficient (Wildman–Crippen LogP) is 2.03. The van der Waals surface area contributed by atoms with Gasteiger partial charge in [-0.15, -0.1) is 11.8 Å². The molecule has 0 saturated carbocycles. The van der Waals surface area contributed by atoms with Crippen LogP contribution < -0.4 is 5.32 Å². The van der Waals surface area contributed by atoms with Gasteiger partial charge >= 0.3 is 6.03 Å². The van der Waals surface area contributed by atoms with Crippen molar-refractivity contribution in [1.82, 2.24) is 10.2 Å².